The van der Waals surface area contributed by atoms with Crippen molar-refractivity contribution in [1.29, 1.82) is 0 Å². The molecule has 134 valence electrons. The van der Waals surface area contributed by atoms with E-state index in [1.807, 2.05) is 13.8 Å². The van der Waals surface area contributed by atoms with Crippen LogP contribution in [0.5, 0.6) is 0 Å². The van der Waals surface area contributed by atoms with E-state index in [1.165, 1.54) is 12.1 Å². The van der Waals surface area contributed by atoms with E-state index in [1.54, 1.807) is 0 Å². The Bertz CT molecular complexity index is 750. The zero-order valence-electron chi connectivity index (χ0n) is 13.5. The van der Waals surface area contributed by atoms with Gasteiger partial charge in [0.1, 0.15) is 6.33 Å². The third kappa shape index (κ3) is 4.55. The molecule has 0 spiro atoms. The summed E-state index contributed by atoms with van der Waals surface area (Å²) < 4.78 is 37.8. The van der Waals surface area contributed by atoms with Crippen molar-refractivity contribution in [3.63, 3.8) is 0 Å². The van der Waals surface area contributed by atoms with Crippen molar-refractivity contribution in [2.75, 3.05) is 10.6 Å². The van der Waals surface area contributed by atoms with E-state index in [-0.39, 0.29) is 29.1 Å². The van der Waals surface area contributed by atoms with Crippen molar-refractivity contribution in [3.05, 3.63) is 46.3 Å². The average molecular weight is 355 g/mol. The smallest absolute Gasteiger partial charge is 0.362 e. The van der Waals surface area contributed by atoms with Gasteiger partial charge < -0.3 is 10.6 Å². The minimum atomic E-state index is -4.45. The number of anilines is 3. The molecule has 1 atom stereocenters. The number of nitro groups is 1. The summed E-state index contributed by atoms with van der Waals surface area (Å²) in [5.41, 5.74) is -0.943. The Morgan fingerprint density at radius 3 is 2.32 bits per heavy atom. The van der Waals surface area contributed by atoms with Gasteiger partial charge in [0.05, 0.1) is 10.5 Å². The van der Waals surface area contributed by atoms with E-state index in [0.29, 0.717) is 0 Å². The lowest BCUT2D eigenvalue weighted by atomic mass is 10.2. The number of benzene rings is 1. The summed E-state index contributed by atoms with van der Waals surface area (Å²) in [4.78, 5) is 18.5. The highest BCUT2D eigenvalue weighted by molar-refractivity contribution is 5.73. The number of alkyl halides is 3. The zero-order valence-corrected chi connectivity index (χ0v) is 13.5. The fourth-order valence-corrected chi connectivity index (χ4v) is 1.96. The van der Waals surface area contributed by atoms with Gasteiger partial charge in [0, 0.05) is 11.7 Å². The molecule has 0 radical (unpaired) electrons. The Hall–Kier alpha value is -2.91. The van der Waals surface area contributed by atoms with E-state index in [9.17, 15) is 23.3 Å². The average Bonchev–Trinajstić information content (AvgIpc) is 2.54. The number of nitrogens with zero attached hydrogens (tertiary/aromatic N) is 3. The molecule has 0 bridgehead atoms. The van der Waals surface area contributed by atoms with Crippen LogP contribution < -0.4 is 10.6 Å². The van der Waals surface area contributed by atoms with E-state index >= 15 is 0 Å². The molecule has 1 aromatic heterocycles. The molecule has 0 aliphatic carbocycles. The fraction of sp³-hybridized carbons (Fsp3) is 0.333. The van der Waals surface area contributed by atoms with E-state index in [0.717, 1.165) is 24.9 Å². The molecule has 0 aliphatic rings. The normalized spacial score (nSPS) is 12.5. The SMILES string of the molecule is CCC(C)Nc1ncnc(Nc2ccc(C(F)(F)F)cc2)c1[N+](=O)[O-]. The molecule has 1 heterocycles. The first-order chi connectivity index (χ1) is 11.7. The molecule has 2 rings (SSSR count). The maximum atomic E-state index is 12.6. The first-order valence-electron chi connectivity index (χ1n) is 7.42. The Kier molecular flexibility index (Phi) is 5.40. The van der Waals surface area contributed by atoms with Crippen LogP contribution in [0, 0.1) is 10.1 Å². The molecule has 0 saturated heterocycles. The molecular weight excluding hydrogens is 339 g/mol. The van der Waals surface area contributed by atoms with Crippen LogP contribution in [-0.2, 0) is 6.18 Å². The summed E-state index contributed by atoms with van der Waals surface area (Å²) in [7, 11) is 0. The van der Waals surface area contributed by atoms with Gasteiger partial charge in [-0.3, -0.25) is 10.1 Å². The number of hydrogen-bond acceptors (Lipinski definition) is 6. The van der Waals surface area contributed by atoms with Crippen LogP contribution in [0.2, 0.25) is 0 Å². The minimum absolute atomic E-state index is 0.0451. The molecular formula is C15H16F3N5O2. The van der Waals surface area contributed by atoms with Crippen LogP contribution in [0.15, 0.2) is 30.6 Å². The lowest BCUT2D eigenvalue weighted by Gasteiger charge is -2.14. The van der Waals surface area contributed by atoms with Crippen LogP contribution in [0.1, 0.15) is 25.8 Å². The standard InChI is InChI=1S/C15H16F3N5O2/c1-3-9(2)21-13-12(23(24)25)14(20-8-19-13)22-11-6-4-10(5-7-11)15(16,17)18/h4-9H,3H2,1-2H3,(H2,19,20,21,22). The molecule has 1 unspecified atom stereocenters. The maximum Gasteiger partial charge on any atom is 0.416 e. The minimum Gasteiger partial charge on any atom is -0.362 e. The van der Waals surface area contributed by atoms with Crippen LogP contribution in [0.25, 0.3) is 0 Å². The second kappa shape index (κ2) is 7.32. The van der Waals surface area contributed by atoms with Gasteiger partial charge in [0.2, 0.25) is 11.6 Å². The second-order valence-electron chi connectivity index (χ2n) is 5.33. The highest BCUT2D eigenvalue weighted by atomic mass is 19.4. The Morgan fingerprint density at radius 2 is 1.80 bits per heavy atom. The number of halogens is 3. The monoisotopic (exact) mass is 355 g/mol. The third-order valence-corrected chi connectivity index (χ3v) is 3.48. The fourth-order valence-electron chi connectivity index (χ4n) is 1.96. The second-order valence-corrected chi connectivity index (χ2v) is 5.33. The van der Waals surface area contributed by atoms with Crippen molar-refractivity contribution in [1.82, 2.24) is 9.97 Å². The van der Waals surface area contributed by atoms with Crippen molar-refractivity contribution < 1.29 is 18.1 Å². The lowest BCUT2D eigenvalue weighted by molar-refractivity contribution is -0.383. The summed E-state index contributed by atoms with van der Waals surface area (Å²) in [5, 5.41) is 17.0. The summed E-state index contributed by atoms with van der Waals surface area (Å²) >= 11 is 0. The molecule has 0 saturated carbocycles. The summed E-state index contributed by atoms with van der Waals surface area (Å²) in [6.07, 6.45) is -2.58. The number of aromatic nitrogens is 2. The highest BCUT2D eigenvalue weighted by Crippen LogP contribution is 2.33. The number of nitrogens with one attached hydrogen (secondary N) is 2. The van der Waals surface area contributed by atoms with Gasteiger partial charge in [-0.1, -0.05) is 6.92 Å². The van der Waals surface area contributed by atoms with Crippen LogP contribution in [0.3, 0.4) is 0 Å². The van der Waals surface area contributed by atoms with Gasteiger partial charge in [-0.2, -0.15) is 13.2 Å². The highest BCUT2D eigenvalue weighted by Gasteiger charge is 2.30. The molecule has 0 amide bonds. The first kappa shape index (κ1) is 18.4. The molecule has 1 aromatic carbocycles. The van der Waals surface area contributed by atoms with Crippen molar-refractivity contribution in [2.24, 2.45) is 0 Å². The van der Waals surface area contributed by atoms with Crippen molar-refractivity contribution in [3.8, 4) is 0 Å². The topological polar surface area (TPSA) is 93.0 Å². The van der Waals surface area contributed by atoms with Gasteiger partial charge in [-0.05, 0) is 37.6 Å². The van der Waals surface area contributed by atoms with Gasteiger partial charge >= 0.3 is 11.9 Å². The van der Waals surface area contributed by atoms with Crippen LogP contribution >= 0.6 is 0 Å². The molecule has 0 fully saturated rings. The van der Waals surface area contributed by atoms with Gasteiger partial charge in [-0.25, -0.2) is 9.97 Å². The Morgan fingerprint density at radius 1 is 1.20 bits per heavy atom. The predicted molar refractivity (Wildman–Crippen MR) is 86.8 cm³/mol. The summed E-state index contributed by atoms with van der Waals surface area (Å²) in [6.45, 7) is 3.75. The maximum absolute atomic E-state index is 12.6. The van der Waals surface area contributed by atoms with Crippen molar-refractivity contribution >= 4 is 23.0 Å². The van der Waals surface area contributed by atoms with E-state index in [2.05, 4.69) is 20.6 Å². The molecule has 7 nitrogen and oxygen atoms in total. The van der Waals surface area contributed by atoms with E-state index < -0.39 is 16.7 Å². The van der Waals surface area contributed by atoms with E-state index in [4.69, 9.17) is 0 Å². The molecule has 2 N–H and O–H groups in total. The van der Waals surface area contributed by atoms with Crippen molar-refractivity contribution in [2.45, 2.75) is 32.5 Å². The zero-order chi connectivity index (χ0) is 18.6. The predicted octanol–water partition coefficient (Wildman–Crippen LogP) is 4.36. The quantitative estimate of drug-likeness (QED) is 0.591. The van der Waals surface area contributed by atoms with Crippen LogP contribution in [0.4, 0.5) is 36.2 Å². The van der Waals surface area contributed by atoms with Crippen LogP contribution in [-0.4, -0.2) is 20.9 Å². The Balaban J connectivity index is 2.33. The molecule has 10 heteroatoms. The number of rotatable bonds is 6. The van der Waals surface area contributed by atoms with Gasteiger partial charge in [-0.15, -0.1) is 0 Å². The molecule has 25 heavy (non-hydrogen) atoms. The van der Waals surface area contributed by atoms with Gasteiger partial charge in [0.25, 0.3) is 0 Å². The first-order valence-corrected chi connectivity index (χ1v) is 7.42. The number of hydrogen-bond donors (Lipinski definition) is 2. The lowest BCUT2D eigenvalue weighted by Crippen LogP contribution is -2.16. The summed E-state index contributed by atoms with van der Waals surface area (Å²) in [6, 6.07) is 4.07. The molecule has 0 aliphatic heterocycles. The van der Waals surface area contributed by atoms with Gasteiger partial charge in [0.15, 0.2) is 0 Å². The molecule has 2 aromatic rings. The largest absolute Gasteiger partial charge is 0.416 e. The Labute approximate surface area is 141 Å². The summed E-state index contributed by atoms with van der Waals surface area (Å²) in [5.74, 6) is -0.0608. The third-order valence-electron chi connectivity index (χ3n) is 3.48.